The Balaban J connectivity index is 1.87. The Bertz CT molecular complexity index is 425. The van der Waals surface area contributed by atoms with Crippen LogP contribution in [0.1, 0.15) is 25.3 Å². The van der Waals surface area contributed by atoms with E-state index in [1.807, 2.05) is 24.3 Å². The minimum atomic E-state index is 0.0513. The average Bonchev–Trinajstić information content (AvgIpc) is 2.42. The monoisotopic (exact) mass is 261 g/mol. The molecule has 1 heterocycles. The number of anilines is 1. The molecule has 1 aromatic rings. The number of piperidine rings is 1. The summed E-state index contributed by atoms with van der Waals surface area (Å²) < 4.78 is 0. The molecule has 0 atom stereocenters. The second kappa shape index (κ2) is 6.68. The van der Waals surface area contributed by atoms with Crippen LogP contribution in [-0.4, -0.2) is 30.4 Å². The van der Waals surface area contributed by atoms with E-state index in [4.69, 9.17) is 5.73 Å². The van der Waals surface area contributed by atoms with Gasteiger partial charge in [0, 0.05) is 12.2 Å². The zero-order chi connectivity index (χ0) is 13.7. The van der Waals surface area contributed by atoms with E-state index in [9.17, 15) is 4.79 Å². The molecule has 0 saturated carbocycles. The quantitative estimate of drug-likeness (QED) is 0.869. The minimum absolute atomic E-state index is 0.0513. The van der Waals surface area contributed by atoms with E-state index in [0.29, 0.717) is 13.1 Å². The molecule has 104 valence electrons. The van der Waals surface area contributed by atoms with Gasteiger partial charge in [0.1, 0.15) is 0 Å². The van der Waals surface area contributed by atoms with Crippen molar-refractivity contribution < 1.29 is 4.79 Å². The van der Waals surface area contributed by atoms with Gasteiger partial charge >= 0.3 is 0 Å². The topological polar surface area (TPSA) is 58.4 Å². The smallest absolute Gasteiger partial charge is 0.238 e. The number of carbonyl (C=O) groups is 1. The predicted molar refractivity (Wildman–Crippen MR) is 77.8 cm³/mol. The highest BCUT2D eigenvalue weighted by Gasteiger charge is 2.18. The zero-order valence-electron chi connectivity index (χ0n) is 11.6. The van der Waals surface area contributed by atoms with E-state index < -0.39 is 0 Å². The molecule has 1 aliphatic heterocycles. The fourth-order valence-electron chi connectivity index (χ4n) is 2.43. The van der Waals surface area contributed by atoms with Crippen LogP contribution in [0.4, 0.5) is 5.69 Å². The number of hydrogen-bond acceptors (Lipinski definition) is 3. The van der Waals surface area contributed by atoms with Crippen LogP contribution < -0.4 is 11.1 Å². The Labute approximate surface area is 115 Å². The van der Waals surface area contributed by atoms with Crippen molar-refractivity contribution in [1.29, 1.82) is 0 Å². The lowest BCUT2D eigenvalue weighted by Gasteiger charge is -2.29. The number of rotatable bonds is 4. The third-order valence-electron chi connectivity index (χ3n) is 3.75. The summed E-state index contributed by atoms with van der Waals surface area (Å²) in [5.74, 6) is 0.840. The van der Waals surface area contributed by atoms with Gasteiger partial charge in [0.15, 0.2) is 0 Å². The van der Waals surface area contributed by atoms with Crippen molar-refractivity contribution >= 4 is 11.6 Å². The van der Waals surface area contributed by atoms with E-state index in [-0.39, 0.29) is 5.91 Å². The van der Waals surface area contributed by atoms with Crippen molar-refractivity contribution in [2.75, 3.05) is 25.0 Å². The van der Waals surface area contributed by atoms with Crippen LogP contribution in [-0.2, 0) is 11.3 Å². The Kier molecular flexibility index (Phi) is 4.93. The number of benzene rings is 1. The fraction of sp³-hybridized carbons (Fsp3) is 0.533. The molecule has 19 heavy (non-hydrogen) atoms. The number of nitrogens with one attached hydrogen (secondary N) is 1. The molecular weight excluding hydrogens is 238 g/mol. The van der Waals surface area contributed by atoms with Crippen molar-refractivity contribution in [3.8, 4) is 0 Å². The number of hydrogen-bond donors (Lipinski definition) is 2. The molecule has 4 nitrogen and oxygen atoms in total. The largest absolute Gasteiger partial charge is 0.326 e. The van der Waals surface area contributed by atoms with Crippen LogP contribution >= 0.6 is 0 Å². The van der Waals surface area contributed by atoms with E-state index in [0.717, 1.165) is 30.3 Å². The highest BCUT2D eigenvalue weighted by molar-refractivity contribution is 5.93. The summed E-state index contributed by atoms with van der Waals surface area (Å²) in [7, 11) is 0. The first-order chi connectivity index (χ1) is 9.19. The lowest BCUT2D eigenvalue weighted by Crippen LogP contribution is -2.38. The summed E-state index contributed by atoms with van der Waals surface area (Å²) in [5.41, 5.74) is 7.47. The summed E-state index contributed by atoms with van der Waals surface area (Å²) in [4.78, 5) is 14.3. The predicted octanol–water partition coefficient (Wildman–Crippen LogP) is 1.82. The summed E-state index contributed by atoms with van der Waals surface area (Å²) >= 11 is 0. The van der Waals surface area contributed by atoms with E-state index in [1.165, 1.54) is 12.8 Å². The molecule has 1 amide bonds. The van der Waals surface area contributed by atoms with Gasteiger partial charge in [-0.05, 0) is 43.5 Å². The number of carbonyl (C=O) groups excluding carboxylic acids is 1. The van der Waals surface area contributed by atoms with Gasteiger partial charge in [0.25, 0.3) is 0 Å². The molecule has 2 rings (SSSR count). The summed E-state index contributed by atoms with van der Waals surface area (Å²) in [6, 6.07) is 7.69. The molecule has 1 fully saturated rings. The molecule has 4 heteroatoms. The average molecular weight is 261 g/mol. The highest BCUT2D eigenvalue weighted by atomic mass is 16.2. The molecule has 1 aliphatic rings. The number of likely N-dealkylation sites (tertiary alicyclic amines) is 1. The van der Waals surface area contributed by atoms with Gasteiger partial charge in [0.05, 0.1) is 6.54 Å². The van der Waals surface area contributed by atoms with Crippen LogP contribution in [0.15, 0.2) is 24.3 Å². The summed E-state index contributed by atoms with van der Waals surface area (Å²) in [6.07, 6.45) is 2.37. The zero-order valence-corrected chi connectivity index (χ0v) is 11.6. The van der Waals surface area contributed by atoms with Gasteiger partial charge in [-0.1, -0.05) is 25.1 Å². The normalized spacial score (nSPS) is 17.4. The van der Waals surface area contributed by atoms with Crippen LogP contribution in [0.25, 0.3) is 0 Å². The van der Waals surface area contributed by atoms with E-state index in [2.05, 4.69) is 17.1 Å². The number of para-hydroxylation sites is 1. The molecule has 0 aliphatic carbocycles. The lowest BCUT2D eigenvalue weighted by atomic mass is 9.99. The van der Waals surface area contributed by atoms with E-state index in [1.54, 1.807) is 0 Å². The number of nitrogens with zero attached hydrogens (tertiary/aromatic N) is 1. The molecule has 0 aromatic heterocycles. The second-order valence-corrected chi connectivity index (χ2v) is 5.37. The third-order valence-corrected chi connectivity index (χ3v) is 3.75. The Morgan fingerprint density at radius 1 is 1.37 bits per heavy atom. The van der Waals surface area contributed by atoms with Gasteiger partial charge < -0.3 is 11.1 Å². The first-order valence-electron chi connectivity index (χ1n) is 6.99. The van der Waals surface area contributed by atoms with Crippen LogP contribution in [0.5, 0.6) is 0 Å². The van der Waals surface area contributed by atoms with E-state index >= 15 is 0 Å². The van der Waals surface area contributed by atoms with Gasteiger partial charge in [-0.15, -0.1) is 0 Å². The molecular formula is C15H23N3O. The molecule has 0 radical (unpaired) electrons. The Morgan fingerprint density at radius 2 is 2.05 bits per heavy atom. The minimum Gasteiger partial charge on any atom is -0.326 e. The van der Waals surface area contributed by atoms with Crippen molar-refractivity contribution in [2.24, 2.45) is 11.7 Å². The van der Waals surface area contributed by atoms with Crippen LogP contribution in [0.2, 0.25) is 0 Å². The standard InChI is InChI=1S/C15H23N3O/c1-12-6-8-18(9-7-12)11-15(19)17-14-5-3-2-4-13(14)10-16/h2-5,12H,6-11,16H2,1H3,(H,17,19). The van der Waals surface area contributed by atoms with Gasteiger partial charge in [0.2, 0.25) is 5.91 Å². The summed E-state index contributed by atoms with van der Waals surface area (Å²) in [6.45, 7) is 5.23. The Morgan fingerprint density at radius 3 is 2.74 bits per heavy atom. The Hall–Kier alpha value is -1.39. The molecule has 0 unspecified atom stereocenters. The maximum absolute atomic E-state index is 12.0. The number of nitrogens with two attached hydrogens (primary N) is 1. The van der Waals surface area contributed by atoms with Crippen LogP contribution in [0.3, 0.4) is 0 Å². The fourth-order valence-corrected chi connectivity index (χ4v) is 2.43. The van der Waals surface area contributed by atoms with Gasteiger partial charge in [-0.25, -0.2) is 0 Å². The SMILES string of the molecule is CC1CCN(CC(=O)Nc2ccccc2CN)CC1. The van der Waals surface area contributed by atoms with Gasteiger partial charge in [-0.3, -0.25) is 9.69 Å². The molecule has 1 aromatic carbocycles. The molecule has 3 N–H and O–H groups in total. The second-order valence-electron chi connectivity index (χ2n) is 5.37. The summed E-state index contributed by atoms with van der Waals surface area (Å²) in [5, 5.41) is 2.96. The molecule has 0 spiro atoms. The van der Waals surface area contributed by atoms with Crippen LogP contribution in [0, 0.1) is 5.92 Å². The maximum Gasteiger partial charge on any atom is 0.238 e. The maximum atomic E-state index is 12.0. The van der Waals surface area contributed by atoms with Crippen molar-refractivity contribution in [2.45, 2.75) is 26.3 Å². The molecule has 0 bridgehead atoms. The van der Waals surface area contributed by atoms with Crippen molar-refractivity contribution in [3.63, 3.8) is 0 Å². The first kappa shape index (κ1) is 14.0. The van der Waals surface area contributed by atoms with Crippen molar-refractivity contribution in [3.05, 3.63) is 29.8 Å². The first-order valence-corrected chi connectivity index (χ1v) is 6.99. The lowest BCUT2D eigenvalue weighted by molar-refractivity contribution is -0.117. The van der Waals surface area contributed by atoms with Gasteiger partial charge in [-0.2, -0.15) is 0 Å². The third kappa shape index (κ3) is 4.04. The molecule has 1 saturated heterocycles. The van der Waals surface area contributed by atoms with Crippen molar-refractivity contribution in [1.82, 2.24) is 4.90 Å². The highest BCUT2D eigenvalue weighted by Crippen LogP contribution is 2.17. The number of amides is 1.